The largest absolute Gasteiger partial charge is 0.469 e. The predicted octanol–water partition coefficient (Wildman–Crippen LogP) is 10.9. The molecule has 0 radical (unpaired) electrons. The van der Waals surface area contributed by atoms with Crippen molar-refractivity contribution in [1.29, 1.82) is 0 Å². The summed E-state index contributed by atoms with van der Waals surface area (Å²) in [5.74, 6) is -1.00. The van der Waals surface area contributed by atoms with Crippen LogP contribution in [-0.2, 0) is 28.2 Å². The third kappa shape index (κ3) is 37.9. The maximum absolute atomic E-state index is 12.3. The molecule has 1 atom stereocenters. The number of ether oxygens (including phenoxy) is 2. The lowest BCUT2D eigenvalue weighted by Gasteiger charge is -2.18. The zero-order chi connectivity index (χ0) is 36.1. The van der Waals surface area contributed by atoms with Crippen molar-refractivity contribution in [2.45, 2.75) is 142 Å². The van der Waals surface area contributed by atoms with Gasteiger partial charge >= 0.3 is 19.8 Å². The van der Waals surface area contributed by atoms with Crippen LogP contribution in [0.4, 0.5) is 0 Å². The molecule has 0 unspecified atom stereocenters. The van der Waals surface area contributed by atoms with Crippen LogP contribution in [0, 0.1) is 0 Å². The summed E-state index contributed by atoms with van der Waals surface area (Å²) < 4.78 is 26.2. The number of hydrogen-bond acceptors (Lipinski definition) is 6. The fraction of sp³-hybridized carbons (Fsp3) is 0.600. The van der Waals surface area contributed by atoms with E-state index in [1.807, 2.05) is 12.2 Å². The Morgan fingerprint density at radius 3 is 1.55 bits per heavy atom. The Kier molecular flexibility index (Phi) is 33.1. The molecule has 0 amide bonds. The highest BCUT2D eigenvalue weighted by Crippen LogP contribution is 2.35. The molecule has 0 saturated heterocycles. The third-order valence-electron chi connectivity index (χ3n) is 7.16. The van der Waals surface area contributed by atoms with Crippen molar-refractivity contribution in [3.63, 3.8) is 0 Å². The molecular formula is C40H65O8P. The van der Waals surface area contributed by atoms with E-state index < -0.39 is 32.5 Å². The predicted molar refractivity (Wildman–Crippen MR) is 202 cm³/mol. The van der Waals surface area contributed by atoms with Gasteiger partial charge in [0, 0.05) is 12.8 Å². The number of esters is 2. The van der Waals surface area contributed by atoms with E-state index in [-0.39, 0.29) is 19.4 Å². The molecule has 0 bridgehead atoms. The zero-order valence-corrected chi connectivity index (χ0v) is 31.2. The topological polar surface area (TPSA) is 119 Å². The highest BCUT2D eigenvalue weighted by atomic mass is 31.2. The molecule has 2 N–H and O–H groups in total. The van der Waals surface area contributed by atoms with Crippen LogP contribution >= 0.6 is 7.82 Å². The summed E-state index contributed by atoms with van der Waals surface area (Å²) in [5.41, 5.74) is 0. The summed E-state index contributed by atoms with van der Waals surface area (Å²) in [5, 5.41) is 0. The lowest BCUT2D eigenvalue weighted by Crippen LogP contribution is -2.29. The van der Waals surface area contributed by atoms with Crippen LogP contribution in [0.3, 0.4) is 0 Å². The molecule has 49 heavy (non-hydrogen) atoms. The number of carbonyl (C=O) groups is 2. The highest BCUT2D eigenvalue weighted by molar-refractivity contribution is 7.46. The lowest BCUT2D eigenvalue weighted by molar-refractivity contribution is -0.161. The van der Waals surface area contributed by atoms with Gasteiger partial charge in [0.25, 0.3) is 0 Å². The van der Waals surface area contributed by atoms with E-state index in [2.05, 4.69) is 91.3 Å². The third-order valence-corrected chi connectivity index (χ3v) is 7.65. The molecule has 0 fully saturated rings. The Hall–Kier alpha value is -2.77. The fourth-order valence-electron chi connectivity index (χ4n) is 4.45. The molecular weight excluding hydrogens is 639 g/mol. The molecule has 0 aromatic heterocycles. The molecule has 278 valence electrons. The van der Waals surface area contributed by atoms with E-state index in [9.17, 15) is 14.2 Å². The second-order valence-electron chi connectivity index (χ2n) is 11.8. The van der Waals surface area contributed by atoms with Crippen molar-refractivity contribution >= 4 is 19.8 Å². The number of phosphoric ester groups is 1. The summed E-state index contributed by atoms with van der Waals surface area (Å²) in [6.07, 6.45) is 46.0. The van der Waals surface area contributed by atoms with E-state index >= 15 is 0 Å². The first-order chi connectivity index (χ1) is 23.8. The van der Waals surface area contributed by atoms with Gasteiger partial charge in [-0.2, -0.15) is 0 Å². The molecule has 0 aromatic carbocycles. The Morgan fingerprint density at radius 1 is 0.551 bits per heavy atom. The van der Waals surface area contributed by atoms with Crippen LogP contribution in [0.5, 0.6) is 0 Å². The minimum absolute atomic E-state index is 0.0805. The van der Waals surface area contributed by atoms with Crippen molar-refractivity contribution in [3.05, 3.63) is 85.1 Å². The maximum atomic E-state index is 12.3. The van der Waals surface area contributed by atoms with Gasteiger partial charge in [-0.3, -0.25) is 14.1 Å². The number of rotatable bonds is 32. The van der Waals surface area contributed by atoms with Gasteiger partial charge in [-0.1, -0.05) is 131 Å². The maximum Gasteiger partial charge on any atom is 0.469 e. The van der Waals surface area contributed by atoms with E-state index in [1.54, 1.807) is 0 Å². The van der Waals surface area contributed by atoms with Gasteiger partial charge in [0.15, 0.2) is 6.10 Å². The van der Waals surface area contributed by atoms with E-state index in [4.69, 9.17) is 19.3 Å². The molecule has 0 spiro atoms. The number of carbonyl (C=O) groups excluding carboxylic acids is 2. The van der Waals surface area contributed by atoms with Crippen molar-refractivity contribution in [2.24, 2.45) is 0 Å². The Labute approximate surface area is 297 Å². The minimum Gasteiger partial charge on any atom is -0.462 e. The van der Waals surface area contributed by atoms with Gasteiger partial charge in [0.1, 0.15) is 6.61 Å². The van der Waals surface area contributed by atoms with Crippen LogP contribution in [-0.4, -0.2) is 41.0 Å². The number of phosphoric acid groups is 1. The van der Waals surface area contributed by atoms with Crippen molar-refractivity contribution in [2.75, 3.05) is 13.2 Å². The summed E-state index contributed by atoms with van der Waals surface area (Å²) in [6.45, 7) is 3.44. The summed E-state index contributed by atoms with van der Waals surface area (Å²) in [6, 6.07) is 0. The van der Waals surface area contributed by atoms with E-state index in [1.165, 1.54) is 19.3 Å². The first-order valence-corrected chi connectivity index (χ1v) is 19.9. The number of unbranched alkanes of at least 4 members (excludes halogenated alkanes) is 8. The van der Waals surface area contributed by atoms with Crippen LogP contribution < -0.4 is 0 Å². The monoisotopic (exact) mass is 704 g/mol. The highest BCUT2D eigenvalue weighted by Gasteiger charge is 2.22. The molecule has 0 aromatic rings. The smallest absolute Gasteiger partial charge is 0.462 e. The van der Waals surface area contributed by atoms with Gasteiger partial charge in [-0.25, -0.2) is 4.57 Å². The van der Waals surface area contributed by atoms with Crippen LogP contribution in [0.1, 0.15) is 136 Å². The average molecular weight is 705 g/mol. The molecule has 0 aliphatic rings. The van der Waals surface area contributed by atoms with Gasteiger partial charge in [0.05, 0.1) is 6.61 Å². The summed E-state index contributed by atoms with van der Waals surface area (Å²) in [4.78, 5) is 42.6. The molecule has 0 aliphatic heterocycles. The van der Waals surface area contributed by atoms with E-state index in [0.717, 1.165) is 77.0 Å². The van der Waals surface area contributed by atoms with Crippen molar-refractivity contribution in [1.82, 2.24) is 0 Å². The standard InChI is InChI=1S/C40H65O8P/c1-3-5-7-9-11-13-15-17-18-19-20-21-22-23-25-27-29-31-33-35-40(42)48-38(37-47-49(43,44)45)36-46-39(41)34-32-30-28-26-24-16-14-12-10-8-6-4-2/h5,7,11-14,17-18,20-21,23,25,29,31,38H,3-4,6,8-10,15-16,19,22,24,26-28,30,32-37H2,1-2H3,(H2,43,44,45)/b7-5+,13-11+,14-12+,18-17+,21-20+,25-23+,31-29+/t38-/m1/s1. The van der Waals surface area contributed by atoms with Crippen LogP contribution in [0.25, 0.3) is 0 Å². The lowest BCUT2D eigenvalue weighted by atomic mass is 10.1. The van der Waals surface area contributed by atoms with Gasteiger partial charge < -0.3 is 19.3 Å². The molecule has 0 rings (SSSR count). The van der Waals surface area contributed by atoms with Crippen LogP contribution in [0.2, 0.25) is 0 Å². The second kappa shape index (κ2) is 35.1. The molecule has 0 saturated carbocycles. The number of allylic oxidation sites excluding steroid dienone is 14. The van der Waals surface area contributed by atoms with Gasteiger partial charge in [-0.05, 0) is 77.0 Å². The SMILES string of the molecule is CC/C=C/C/C=C/C/C=C/C/C=C/C/C=C/C/C=C/CCC(=O)O[C@H](COC(=O)CCCCCCC/C=C/CCCCC)COP(=O)(O)O. The quantitative estimate of drug-likeness (QED) is 0.0307. The van der Waals surface area contributed by atoms with E-state index in [0.29, 0.717) is 12.8 Å². The Balaban J connectivity index is 4.16. The van der Waals surface area contributed by atoms with Crippen molar-refractivity contribution < 1.29 is 37.9 Å². The van der Waals surface area contributed by atoms with Gasteiger partial charge in [0.2, 0.25) is 0 Å². The first kappa shape index (κ1) is 46.2. The number of hydrogen-bond donors (Lipinski definition) is 2. The Morgan fingerprint density at radius 2 is 1.02 bits per heavy atom. The minimum atomic E-state index is -4.78. The molecule has 0 heterocycles. The normalized spacial score (nSPS) is 13.5. The molecule has 8 nitrogen and oxygen atoms in total. The second-order valence-corrected chi connectivity index (χ2v) is 13.0. The van der Waals surface area contributed by atoms with Crippen LogP contribution in [0.15, 0.2) is 85.1 Å². The van der Waals surface area contributed by atoms with Gasteiger partial charge in [-0.15, -0.1) is 0 Å². The molecule has 0 aliphatic carbocycles. The average Bonchev–Trinajstić information content (AvgIpc) is 3.07. The first-order valence-electron chi connectivity index (χ1n) is 18.4. The fourth-order valence-corrected chi connectivity index (χ4v) is 4.81. The molecule has 9 heteroatoms. The zero-order valence-electron chi connectivity index (χ0n) is 30.3. The Bertz CT molecular complexity index is 1060. The summed E-state index contributed by atoms with van der Waals surface area (Å²) in [7, 11) is -4.78. The summed E-state index contributed by atoms with van der Waals surface area (Å²) >= 11 is 0. The van der Waals surface area contributed by atoms with Crippen molar-refractivity contribution in [3.8, 4) is 0 Å².